The average Bonchev–Trinajstić information content (AvgIpc) is 3.25. The normalized spacial score (nSPS) is 16.9. The van der Waals surface area contributed by atoms with E-state index in [4.69, 9.17) is 35.8 Å². The predicted octanol–water partition coefficient (Wildman–Crippen LogP) is 4.86. The lowest BCUT2D eigenvalue weighted by molar-refractivity contribution is -0.0592. The van der Waals surface area contributed by atoms with Gasteiger partial charge < -0.3 is 23.9 Å². The first-order valence-electron chi connectivity index (χ1n) is 13.1. The number of hydrogen-bond acceptors (Lipinski definition) is 7. The van der Waals surface area contributed by atoms with Crippen molar-refractivity contribution in [1.82, 2.24) is 19.4 Å². The molecule has 1 saturated heterocycles. The van der Waals surface area contributed by atoms with Gasteiger partial charge in [0.25, 0.3) is 5.88 Å². The number of aromatic nitrogens is 3. The SMILES string of the molecule is COc1cc2c(nc1OCc1ccc(Cl)cc1F)CN(Cc1nc3ccc(C(=O)O)cc3n1C[C@@H]1CCO1)CC2. The molecule has 40 heavy (non-hydrogen) atoms. The summed E-state index contributed by atoms with van der Waals surface area (Å²) in [6, 6.07) is 11.4. The maximum atomic E-state index is 14.3. The van der Waals surface area contributed by atoms with Crippen LogP contribution in [0.4, 0.5) is 4.39 Å². The van der Waals surface area contributed by atoms with E-state index in [9.17, 15) is 14.3 Å². The summed E-state index contributed by atoms with van der Waals surface area (Å²) in [5.41, 5.74) is 4.07. The van der Waals surface area contributed by atoms with Crippen LogP contribution in [0.1, 0.15) is 39.4 Å². The minimum atomic E-state index is -0.970. The Kier molecular flexibility index (Phi) is 7.31. The molecule has 11 heteroatoms. The Morgan fingerprint density at radius 2 is 2.08 bits per heavy atom. The van der Waals surface area contributed by atoms with E-state index in [0.29, 0.717) is 41.8 Å². The van der Waals surface area contributed by atoms with Crippen molar-refractivity contribution in [2.75, 3.05) is 20.3 Å². The van der Waals surface area contributed by atoms with Crippen LogP contribution < -0.4 is 9.47 Å². The maximum Gasteiger partial charge on any atom is 0.335 e. The standard InChI is InChI=1S/C29H28ClFN4O5/c1-38-26-11-17-6-8-34(14-24(17)33-28(26)40-16-19-2-4-20(30)12-22(19)31)15-27-32-23-5-3-18(29(36)37)10-25(23)35(27)13-21-7-9-39-21/h2-5,10-12,21H,6-9,13-16H2,1H3,(H,36,37)/t21-/m0/s1. The van der Waals surface area contributed by atoms with Crippen LogP contribution in [0.15, 0.2) is 42.5 Å². The van der Waals surface area contributed by atoms with E-state index in [1.807, 2.05) is 6.07 Å². The Hall–Kier alpha value is -3.73. The molecule has 0 aliphatic carbocycles. The number of pyridine rings is 1. The summed E-state index contributed by atoms with van der Waals surface area (Å²) in [4.78, 5) is 23.5. The lowest BCUT2D eigenvalue weighted by atomic mass is 10.0. The van der Waals surface area contributed by atoms with Gasteiger partial charge in [0.1, 0.15) is 18.2 Å². The second-order valence-corrected chi connectivity index (χ2v) is 10.5. The fourth-order valence-electron chi connectivity index (χ4n) is 5.11. The molecule has 0 radical (unpaired) electrons. The fraction of sp³-hybridized carbons (Fsp3) is 0.345. The van der Waals surface area contributed by atoms with Crippen molar-refractivity contribution in [2.24, 2.45) is 0 Å². The zero-order chi connectivity index (χ0) is 27.8. The monoisotopic (exact) mass is 566 g/mol. The van der Waals surface area contributed by atoms with Crippen LogP contribution in [-0.2, 0) is 37.4 Å². The Morgan fingerprint density at radius 1 is 1.23 bits per heavy atom. The Balaban J connectivity index is 1.24. The largest absolute Gasteiger partial charge is 0.491 e. The molecule has 2 aromatic heterocycles. The summed E-state index contributed by atoms with van der Waals surface area (Å²) in [6.07, 6.45) is 1.81. The molecule has 0 saturated carbocycles. The van der Waals surface area contributed by atoms with E-state index in [2.05, 4.69) is 9.47 Å². The van der Waals surface area contributed by atoms with Crippen molar-refractivity contribution in [2.45, 2.75) is 45.2 Å². The highest BCUT2D eigenvalue weighted by atomic mass is 35.5. The Labute approximate surface area is 235 Å². The third-order valence-electron chi connectivity index (χ3n) is 7.41. The molecule has 1 atom stereocenters. The summed E-state index contributed by atoms with van der Waals surface area (Å²) in [6.45, 7) is 3.25. The summed E-state index contributed by atoms with van der Waals surface area (Å²) in [5.74, 6) is 0.231. The number of ether oxygens (including phenoxy) is 3. The van der Waals surface area contributed by atoms with Crippen LogP contribution in [-0.4, -0.2) is 56.9 Å². The van der Waals surface area contributed by atoms with Gasteiger partial charge in [-0.15, -0.1) is 0 Å². The van der Waals surface area contributed by atoms with Gasteiger partial charge in [0, 0.05) is 30.3 Å². The summed E-state index contributed by atoms with van der Waals surface area (Å²) in [5, 5.41) is 9.83. The Morgan fingerprint density at radius 3 is 2.80 bits per heavy atom. The van der Waals surface area contributed by atoms with Crippen molar-refractivity contribution in [1.29, 1.82) is 0 Å². The number of halogens is 2. The molecule has 4 aromatic rings. The van der Waals surface area contributed by atoms with E-state index in [1.165, 1.54) is 6.07 Å². The topological polar surface area (TPSA) is 98.9 Å². The zero-order valence-electron chi connectivity index (χ0n) is 21.9. The average molecular weight is 567 g/mol. The van der Waals surface area contributed by atoms with Gasteiger partial charge in [0.15, 0.2) is 5.75 Å². The molecule has 9 nitrogen and oxygen atoms in total. The summed E-state index contributed by atoms with van der Waals surface area (Å²) in [7, 11) is 1.56. The molecule has 0 amide bonds. The van der Waals surface area contributed by atoms with Gasteiger partial charge in [-0.05, 0) is 54.8 Å². The summed E-state index contributed by atoms with van der Waals surface area (Å²) >= 11 is 5.87. The fourth-order valence-corrected chi connectivity index (χ4v) is 5.27. The van der Waals surface area contributed by atoms with E-state index >= 15 is 0 Å². The number of carboxylic acid groups (broad SMARTS) is 1. The smallest absolute Gasteiger partial charge is 0.335 e. The first-order valence-corrected chi connectivity index (χ1v) is 13.5. The molecule has 2 aliphatic rings. The van der Waals surface area contributed by atoms with Gasteiger partial charge in [0.2, 0.25) is 0 Å². The predicted molar refractivity (Wildman–Crippen MR) is 145 cm³/mol. The van der Waals surface area contributed by atoms with Gasteiger partial charge in [0.05, 0.1) is 48.6 Å². The van der Waals surface area contributed by atoms with Crippen LogP contribution in [0.2, 0.25) is 5.02 Å². The summed E-state index contributed by atoms with van der Waals surface area (Å²) < 4.78 is 33.4. The number of carbonyl (C=O) groups is 1. The molecule has 2 aromatic carbocycles. The molecule has 0 spiro atoms. The maximum absolute atomic E-state index is 14.3. The molecule has 208 valence electrons. The van der Waals surface area contributed by atoms with Crippen molar-refractivity contribution < 1.29 is 28.5 Å². The number of hydrogen-bond donors (Lipinski definition) is 1. The highest BCUT2D eigenvalue weighted by Gasteiger charge is 2.26. The number of aromatic carboxylic acids is 1. The minimum absolute atomic E-state index is 0.0134. The molecule has 1 fully saturated rings. The van der Waals surface area contributed by atoms with E-state index in [-0.39, 0.29) is 18.3 Å². The lowest BCUT2D eigenvalue weighted by Gasteiger charge is -2.30. The van der Waals surface area contributed by atoms with E-state index in [0.717, 1.165) is 54.1 Å². The lowest BCUT2D eigenvalue weighted by Crippen LogP contribution is -2.34. The molecule has 2 aliphatic heterocycles. The molecule has 1 N–H and O–H groups in total. The van der Waals surface area contributed by atoms with Gasteiger partial charge in [-0.3, -0.25) is 4.90 Å². The highest BCUT2D eigenvalue weighted by Crippen LogP contribution is 2.32. The number of fused-ring (bicyclic) bond motifs is 2. The van der Waals surface area contributed by atoms with Crippen molar-refractivity contribution in [3.8, 4) is 11.6 Å². The van der Waals surface area contributed by atoms with Crippen LogP contribution in [0.5, 0.6) is 11.6 Å². The number of nitrogens with zero attached hydrogens (tertiary/aromatic N) is 4. The minimum Gasteiger partial charge on any atom is -0.491 e. The van der Waals surface area contributed by atoms with Crippen LogP contribution in [0.25, 0.3) is 11.0 Å². The number of benzene rings is 2. The van der Waals surface area contributed by atoms with E-state index < -0.39 is 11.8 Å². The van der Waals surface area contributed by atoms with Crippen molar-refractivity contribution in [3.63, 3.8) is 0 Å². The molecule has 0 unspecified atom stereocenters. The third kappa shape index (κ3) is 5.34. The van der Waals surface area contributed by atoms with Gasteiger partial charge >= 0.3 is 5.97 Å². The molecule has 4 heterocycles. The zero-order valence-corrected chi connectivity index (χ0v) is 22.7. The number of methoxy groups -OCH3 is 1. The number of carboxylic acids is 1. The first-order chi connectivity index (χ1) is 19.4. The molecular weight excluding hydrogens is 539 g/mol. The van der Waals surface area contributed by atoms with Gasteiger partial charge in [-0.1, -0.05) is 17.7 Å². The molecular formula is C29H28ClFN4O5. The molecule has 6 rings (SSSR count). The third-order valence-corrected chi connectivity index (χ3v) is 7.65. The van der Waals surface area contributed by atoms with Gasteiger partial charge in [-0.2, -0.15) is 0 Å². The van der Waals surface area contributed by atoms with Crippen molar-refractivity contribution >= 4 is 28.6 Å². The van der Waals surface area contributed by atoms with Crippen LogP contribution in [0, 0.1) is 5.82 Å². The Bertz CT molecular complexity index is 1590. The van der Waals surface area contributed by atoms with Crippen LogP contribution >= 0.6 is 11.6 Å². The first kappa shape index (κ1) is 26.5. The second-order valence-electron chi connectivity index (χ2n) is 10.0. The van der Waals surface area contributed by atoms with Crippen LogP contribution in [0.3, 0.4) is 0 Å². The quantitative estimate of drug-likeness (QED) is 0.307. The molecule has 0 bridgehead atoms. The second kappa shape index (κ2) is 11.0. The highest BCUT2D eigenvalue weighted by molar-refractivity contribution is 6.30. The van der Waals surface area contributed by atoms with Crippen molar-refractivity contribution in [3.05, 3.63) is 81.5 Å². The number of rotatable bonds is 9. The van der Waals surface area contributed by atoms with E-state index in [1.54, 1.807) is 37.4 Å². The van der Waals surface area contributed by atoms with Gasteiger partial charge in [-0.25, -0.2) is 19.2 Å². The number of imidazole rings is 1.